The number of hydrogen-bond donors (Lipinski definition) is 1. The van der Waals surface area contributed by atoms with Crippen LogP contribution >= 0.6 is 23.4 Å². The molecule has 0 bridgehead atoms. The number of halogens is 1. The molecule has 1 rings (SSSR count). The van der Waals surface area contributed by atoms with Crippen molar-refractivity contribution in [3.8, 4) is 0 Å². The molecule has 1 heterocycles. The number of thioether (sulfide) groups is 1. The molecule has 0 saturated carbocycles. The molecule has 0 aromatic carbocycles. The van der Waals surface area contributed by atoms with Crippen LogP contribution in [0.4, 0.5) is 0 Å². The minimum Gasteiger partial charge on any atom is -0.317 e. The Bertz CT molecular complexity index is 254. The van der Waals surface area contributed by atoms with Gasteiger partial charge in [0.05, 0.1) is 0 Å². The summed E-state index contributed by atoms with van der Waals surface area (Å²) in [6.07, 6.45) is 6.22. The van der Waals surface area contributed by atoms with Gasteiger partial charge in [-0.05, 0) is 31.5 Å². The summed E-state index contributed by atoms with van der Waals surface area (Å²) in [5.74, 6) is 0.943. The fourth-order valence-corrected chi connectivity index (χ4v) is 2.99. The van der Waals surface area contributed by atoms with Crippen LogP contribution in [0.1, 0.15) is 12.8 Å². The smallest absolute Gasteiger partial charge is 0.0374 e. The Labute approximate surface area is 102 Å². The molecule has 1 aliphatic heterocycles. The quantitative estimate of drug-likeness (QED) is 0.744. The molecule has 0 amide bonds. The van der Waals surface area contributed by atoms with Crippen molar-refractivity contribution in [3.63, 3.8) is 0 Å². The topological polar surface area (TPSA) is 12.0 Å². The molecular weight excluding hydrogens is 226 g/mol. The van der Waals surface area contributed by atoms with E-state index in [1.165, 1.54) is 12.8 Å². The van der Waals surface area contributed by atoms with Crippen molar-refractivity contribution < 1.29 is 0 Å². The van der Waals surface area contributed by atoms with E-state index in [1.54, 1.807) is 6.08 Å². The monoisotopic (exact) mass is 243 g/mol. The Hall–Kier alpha value is -0.180. The lowest BCUT2D eigenvalue weighted by atomic mass is 10.2. The van der Waals surface area contributed by atoms with Gasteiger partial charge in [0, 0.05) is 16.0 Å². The second-order valence-corrected chi connectivity index (χ2v) is 5.34. The maximum atomic E-state index is 5.90. The number of allylic oxidation sites excluding steroid dienone is 3. The molecule has 1 N–H and O–H groups in total. The first-order valence-corrected chi connectivity index (χ1v) is 6.65. The summed E-state index contributed by atoms with van der Waals surface area (Å²) in [5, 5.41) is 4.76. The second-order valence-electron chi connectivity index (χ2n) is 3.59. The summed E-state index contributed by atoms with van der Waals surface area (Å²) in [6.45, 7) is 9.72. The van der Waals surface area contributed by atoms with Crippen molar-refractivity contribution in [1.82, 2.24) is 5.32 Å². The molecule has 0 radical (unpaired) electrons. The first-order valence-electron chi connectivity index (χ1n) is 5.22. The van der Waals surface area contributed by atoms with Gasteiger partial charge in [-0.25, -0.2) is 0 Å². The molecule has 0 aromatic rings. The lowest BCUT2D eigenvalue weighted by Gasteiger charge is -2.22. The summed E-state index contributed by atoms with van der Waals surface area (Å²) in [7, 11) is 0. The van der Waals surface area contributed by atoms with Crippen molar-refractivity contribution in [2.45, 2.75) is 18.1 Å². The van der Waals surface area contributed by atoms with Gasteiger partial charge < -0.3 is 5.32 Å². The van der Waals surface area contributed by atoms with Crippen LogP contribution in [0.5, 0.6) is 0 Å². The van der Waals surface area contributed by atoms with Crippen LogP contribution in [0.3, 0.4) is 0 Å². The minimum absolute atomic E-state index is 0.635. The van der Waals surface area contributed by atoms with Crippen LogP contribution in [0, 0.1) is 0 Å². The fraction of sp³-hybridized carbons (Fsp3) is 0.500. The van der Waals surface area contributed by atoms with Gasteiger partial charge in [0.2, 0.25) is 0 Å². The van der Waals surface area contributed by atoms with Gasteiger partial charge in [-0.1, -0.05) is 36.9 Å². The summed E-state index contributed by atoms with van der Waals surface area (Å²) in [6, 6.07) is 0. The molecule has 1 fully saturated rings. The van der Waals surface area contributed by atoms with Gasteiger partial charge >= 0.3 is 0 Å². The van der Waals surface area contributed by atoms with Gasteiger partial charge in [0.25, 0.3) is 0 Å². The third kappa shape index (κ3) is 4.92. The molecule has 0 aromatic heterocycles. The average molecular weight is 244 g/mol. The standard InChI is InChI=1S/C12H18ClNS/c1-3-4-11(10(2)13)9-15-12-5-7-14-8-6-12/h3-4,12,14H,1-2,5-9H2/b11-4-. The summed E-state index contributed by atoms with van der Waals surface area (Å²) < 4.78 is 0. The van der Waals surface area contributed by atoms with E-state index < -0.39 is 0 Å². The van der Waals surface area contributed by atoms with Gasteiger partial charge in [-0.3, -0.25) is 0 Å². The number of nitrogens with one attached hydrogen (secondary N) is 1. The van der Waals surface area contributed by atoms with Crippen LogP contribution in [-0.4, -0.2) is 24.1 Å². The van der Waals surface area contributed by atoms with E-state index >= 15 is 0 Å². The molecule has 84 valence electrons. The molecule has 1 nitrogen and oxygen atoms in total. The normalized spacial score (nSPS) is 18.9. The Balaban J connectivity index is 2.35. The van der Waals surface area contributed by atoms with E-state index in [1.807, 2.05) is 17.8 Å². The first-order chi connectivity index (χ1) is 7.24. The molecule has 0 aliphatic carbocycles. The molecule has 15 heavy (non-hydrogen) atoms. The average Bonchev–Trinajstić information content (AvgIpc) is 2.25. The highest BCUT2D eigenvalue weighted by atomic mass is 35.5. The Morgan fingerprint density at radius 3 is 2.67 bits per heavy atom. The van der Waals surface area contributed by atoms with Crippen molar-refractivity contribution in [2.24, 2.45) is 0 Å². The van der Waals surface area contributed by atoms with Crippen LogP contribution in [-0.2, 0) is 0 Å². The van der Waals surface area contributed by atoms with Gasteiger partial charge in [0.1, 0.15) is 0 Å². The highest BCUT2D eigenvalue weighted by molar-refractivity contribution is 8.00. The highest BCUT2D eigenvalue weighted by Crippen LogP contribution is 2.25. The van der Waals surface area contributed by atoms with Crippen molar-refractivity contribution in [2.75, 3.05) is 18.8 Å². The zero-order valence-electron chi connectivity index (χ0n) is 8.97. The van der Waals surface area contributed by atoms with E-state index in [4.69, 9.17) is 11.6 Å². The Kier molecular flexibility index (Phi) is 6.15. The maximum absolute atomic E-state index is 5.90. The number of hydrogen-bond acceptors (Lipinski definition) is 2. The third-order valence-electron chi connectivity index (χ3n) is 2.43. The largest absolute Gasteiger partial charge is 0.317 e. The van der Waals surface area contributed by atoms with E-state index in [2.05, 4.69) is 18.5 Å². The summed E-state index contributed by atoms with van der Waals surface area (Å²) in [5.41, 5.74) is 1.09. The molecule has 0 atom stereocenters. The third-order valence-corrected chi connectivity index (χ3v) is 4.09. The summed E-state index contributed by atoms with van der Waals surface area (Å²) in [4.78, 5) is 0. The molecule has 3 heteroatoms. The molecule has 0 spiro atoms. The van der Waals surface area contributed by atoms with Gasteiger partial charge in [0.15, 0.2) is 0 Å². The van der Waals surface area contributed by atoms with E-state index in [-0.39, 0.29) is 0 Å². The predicted octanol–water partition coefficient (Wildman–Crippen LogP) is 3.34. The lowest BCUT2D eigenvalue weighted by Crippen LogP contribution is -2.29. The van der Waals surface area contributed by atoms with Crippen LogP contribution in [0.25, 0.3) is 0 Å². The minimum atomic E-state index is 0.635. The Morgan fingerprint density at radius 2 is 2.13 bits per heavy atom. The Morgan fingerprint density at radius 1 is 1.47 bits per heavy atom. The van der Waals surface area contributed by atoms with Crippen molar-refractivity contribution in [3.05, 3.63) is 35.9 Å². The number of piperidine rings is 1. The summed E-state index contributed by atoms with van der Waals surface area (Å²) >= 11 is 7.88. The van der Waals surface area contributed by atoms with E-state index in [9.17, 15) is 0 Å². The SMILES string of the molecule is C=C/C=C(/CSC1CCNCC1)C(=C)Cl. The molecule has 0 unspecified atom stereocenters. The van der Waals surface area contributed by atoms with Crippen LogP contribution in [0.15, 0.2) is 35.9 Å². The van der Waals surface area contributed by atoms with E-state index in [0.29, 0.717) is 5.03 Å². The van der Waals surface area contributed by atoms with Gasteiger partial charge in [-0.2, -0.15) is 11.8 Å². The predicted molar refractivity (Wildman–Crippen MR) is 71.6 cm³/mol. The van der Waals surface area contributed by atoms with Gasteiger partial charge in [-0.15, -0.1) is 0 Å². The zero-order chi connectivity index (χ0) is 11.1. The van der Waals surface area contributed by atoms with Crippen LogP contribution < -0.4 is 5.32 Å². The molecule has 1 aliphatic rings. The lowest BCUT2D eigenvalue weighted by molar-refractivity contribution is 0.532. The maximum Gasteiger partial charge on any atom is 0.0374 e. The van der Waals surface area contributed by atoms with Crippen molar-refractivity contribution >= 4 is 23.4 Å². The highest BCUT2D eigenvalue weighted by Gasteiger charge is 2.13. The molecule has 1 saturated heterocycles. The van der Waals surface area contributed by atoms with E-state index in [0.717, 1.165) is 29.7 Å². The van der Waals surface area contributed by atoms with Crippen molar-refractivity contribution in [1.29, 1.82) is 0 Å². The number of rotatable bonds is 5. The van der Waals surface area contributed by atoms with Crippen LogP contribution in [0.2, 0.25) is 0 Å². The fourth-order valence-electron chi connectivity index (χ4n) is 1.53. The second kappa shape index (κ2) is 7.15. The zero-order valence-corrected chi connectivity index (χ0v) is 10.5. The molecular formula is C12H18ClNS. The first kappa shape index (κ1) is 12.9.